The summed E-state index contributed by atoms with van der Waals surface area (Å²) < 4.78 is 5.21. The smallest absolute Gasteiger partial charge is 0.119 e. The number of nitrogens with two attached hydrogens (primary N) is 1. The quantitative estimate of drug-likeness (QED) is 0.631. The summed E-state index contributed by atoms with van der Waals surface area (Å²) in [6.07, 6.45) is 0.852. The Hall–Kier alpha value is -1.36. The zero-order valence-corrected chi connectivity index (χ0v) is 10.5. The number of ether oxygens (including phenoxy) is 1. The first kappa shape index (κ1) is 12.1. The second kappa shape index (κ2) is 5.82. The van der Waals surface area contributed by atoms with Gasteiger partial charge in [0, 0.05) is 0 Å². The summed E-state index contributed by atoms with van der Waals surface area (Å²) in [7, 11) is 1.68. The second-order valence-corrected chi connectivity index (χ2v) is 4.61. The maximum atomic E-state index is 5.61. The third kappa shape index (κ3) is 3.06. The van der Waals surface area contributed by atoms with E-state index in [0.29, 0.717) is 0 Å². The molecule has 3 nitrogen and oxygen atoms in total. The van der Waals surface area contributed by atoms with E-state index in [0.717, 1.165) is 12.2 Å². The van der Waals surface area contributed by atoms with Gasteiger partial charge < -0.3 is 4.74 Å². The van der Waals surface area contributed by atoms with Crippen LogP contribution < -0.4 is 16.0 Å². The van der Waals surface area contributed by atoms with Crippen LogP contribution in [0.3, 0.4) is 0 Å². The van der Waals surface area contributed by atoms with Crippen LogP contribution in [0, 0.1) is 0 Å². The fraction of sp³-hybridized carbons (Fsp3) is 0.231. The molecule has 0 radical (unpaired) electrons. The first-order valence-electron chi connectivity index (χ1n) is 5.44. The number of benzene rings is 1. The highest BCUT2D eigenvalue weighted by Crippen LogP contribution is 2.22. The van der Waals surface area contributed by atoms with Gasteiger partial charge in [0.1, 0.15) is 5.75 Å². The third-order valence-corrected chi connectivity index (χ3v) is 3.42. The maximum Gasteiger partial charge on any atom is 0.119 e. The molecule has 0 aliphatic carbocycles. The average Bonchev–Trinajstić information content (AvgIpc) is 2.90. The van der Waals surface area contributed by atoms with Gasteiger partial charge in [-0.3, -0.25) is 11.3 Å². The molecule has 0 saturated heterocycles. The molecular weight excluding hydrogens is 232 g/mol. The molecule has 0 amide bonds. The Morgan fingerprint density at radius 3 is 2.94 bits per heavy atom. The number of nitrogens with one attached hydrogen (secondary N) is 1. The summed E-state index contributed by atoms with van der Waals surface area (Å²) in [5, 5.41) is 4.18. The Bertz CT molecular complexity index is 456. The molecule has 1 unspecified atom stereocenters. The number of methoxy groups -OCH3 is 1. The first-order valence-corrected chi connectivity index (χ1v) is 6.39. The molecule has 3 N–H and O–H groups in total. The molecule has 4 heteroatoms. The molecule has 0 aliphatic heterocycles. The van der Waals surface area contributed by atoms with Gasteiger partial charge in [-0.2, -0.15) is 11.3 Å². The Morgan fingerprint density at radius 1 is 1.41 bits per heavy atom. The van der Waals surface area contributed by atoms with E-state index in [4.69, 9.17) is 10.6 Å². The van der Waals surface area contributed by atoms with Crippen molar-refractivity contribution in [1.29, 1.82) is 0 Å². The van der Waals surface area contributed by atoms with Gasteiger partial charge in [-0.05, 0) is 46.5 Å². The van der Waals surface area contributed by atoms with Gasteiger partial charge in [-0.25, -0.2) is 0 Å². The minimum absolute atomic E-state index is 0.147. The van der Waals surface area contributed by atoms with Crippen LogP contribution in [0.15, 0.2) is 41.1 Å². The zero-order chi connectivity index (χ0) is 12.1. The van der Waals surface area contributed by atoms with Crippen molar-refractivity contribution in [3.63, 3.8) is 0 Å². The minimum atomic E-state index is 0.147. The molecule has 0 aliphatic rings. The Morgan fingerprint density at radius 2 is 2.29 bits per heavy atom. The van der Waals surface area contributed by atoms with Crippen LogP contribution in [0.4, 0.5) is 0 Å². The van der Waals surface area contributed by atoms with Gasteiger partial charge in [-0.15, -0.1) is 0 Å². The topological polar surface area (TPSA) is 47.3 Å². The van der Waals surface area contributed by atoms with E-state index in [2.05, 4.69) is 28.3 Å². The zero-order valence-electron chi connectivity index (χ0n) is 9.72. The summed E-state index contributed by atoms with van der Waals surface area (Å²) in [6, 6.07) is 10.3. The van der Waals surface area contributed by atoms with Crippen LogP contribution in [0.2, 0.25) is 0 Å². The molecule has 0 bridgehead atoms. The van der Waals surface area contributed by atoms with Crippen molar-refractivity contribution in [2.75, 3.05) is 7.11 Å². The number of hydrogen-bond donors (Lipinski definition) is 2. The van der Waals surface area contributed by atoms with Gasteiger partial charge in [0.2, 0.25) is 0 Å². The van der Waals surface area contributed by atoms with Crippen molar-refractivity contribution in [2.24, 2.45) is 5.84 Å². The van der Waals surface area contributed by atoms with E-state index in [1.54, 1.807) is 18.4 Å². The van der Waals surface area contributed by atoms with Crippen LogP contribution in [0.25, 0.3) is 0 Å². The normalized spacial score (nSPS) is 12.4. The molecule has 0 saturated carbocycles. The molecule has 2 rings (SSSR count). The largest absolute Gasteiger partial charge is 0.497 e. The van der Waals surface area contributed by atoms with E-state index in [1.807, 2.05) is 18.2 Å². The summed E-state index contributed by atoms with van der Waals surface area (Å²) in [5.74, 6) is 6.48. The van der Waals surface area contributed by atoms with Crippen LogP contribution in [0.1, 0.15) is 17.2 Å². The standard InChI is InChI=1S/C13H16N2OS/c1-16-12-4-2-3-10(7-12)8-13(15-14)11-5-6-17-9-11/h2-7,9,13,15H,8,14H2,1H3. The van der Waals surface area contributed by atoms with Gasteiger partial charge in [-0.1, -0.05) is 12.1 Å². The van der Waals surface area contributed by atoms with Crippen molar-refractivity contribution in [1.82, 2.24) is 5.43 Å². The van der Waals surface area contributed by atoms with Gasteiger partial charge >= 0.3 is 0 Å². The molecular formula is C13H16N2OS. The summed E-state index contributed by atoms with van der Waals surface area (Å²) >= 11 is 1.68. The maximum absolute atomic E-state index is 5.61. The second-order valence-electron chi connectivity index (χ2n) is 3.83. The Labute approximate surface area is 105 Å². The van der Waals surface area contributed by atoms with Gasteiger partial charge in [0.15, 0.2) is 0 Å². The lowest BCUT2D eigenvalue weighted by atomic mass is 10.0. The summed E-state index contributed by atoms with van der Waals surface area (Å²) in [6.45, 7) is 0. The lowest BCUT2D eigenvalue weighted by Gasteiger charge is -2.15. The highest BCUT2D eigenvalue weighted by Gasteiger charge is 2.11. The van der Waals surface area contributed by atoms with Crippen LogP contribution in [0.5, 0.6) is 5.75 Å². The van der Waals surface area contributed by atoms with Crippen molar-refractivity contribution < 1.29 is 4.74 Å². The number of hydrogen-bond acceptors (Lipinski definition) is 4. The summed E-state index contributed by atoms with van der Waals surface area (Å²) in [4.78, 5) is 0. The molecule has 17 heavy (non-hydrogen) atoms. The van der Waals surface area contributed by atoms with Crippen LogP contribution in [-0.4, -0.2) is 7.11 Å². The SMILES string of the molecule is COc1cccc(CC(NN)c2ccsc2)c1. The minimum Gasteiger partial charge on any atom is -0.497 e. The van der Waals surface area contributed by atoms with E-state index in [9.17, 15) is 0 Å². The fourth-order valence-corrected chi connectivity index (χ4v) is 2.50. The molecule has 1 aromatic carbocycles. The number of rotatable bonds is 5. The highest BCUT2D eigenvalue weighted by atomic mass is 32.1. The van der Waals surface area contributed by atoms with Crippen LogP contribution in [-0.2, 0) is 6.42 Å². The van der Waals surface area contributed by atoms with Crippen molar-refractivity contribution >= 4 is 11.3 Å². The molecule has 2 aromatic rings. The number of thiophene rings is 1. The van der Waals surface area contributed by atoms with Crippen molar-refractivity contribution in [3.8, 4) is 5.75 Å². The van der Waals surface area contributed by atoms with Crippen LogP contribution >= 0.6 is 11.3 Å². The van der Waals surface area contributed by atoms with E-state index in [-0.39, 0.29) is 6.04 Å². The van der Waals surface area contributed by atoms with E-state index in [1.165, 1.54) is 11.1 Å². The van der Waals surface area contributed by atoms with E-state index < -0.39 is 0 Å². The molecule has 1 aromatic heterocycles. The molecule has 90 valence electrons. The monoisotopic (exact) mass is 248 g/mol. The third-order valence-electron chi connectivity index (χ3n) is 2.72. The molecule has 1 heterocycles. The Kier molecular flexibility index (Phi) is 4.14. The van der Waals surface area contributed by atoms with Crippen molar-refractivity contribution in [2.45, 2.75) is 12.5 Å². The summed E-state index contributed by atoms with van der Waals surface area (Å²) in [5.41, 5.74) is 5.29. The Balaban J connectivity index is 2.13. The predicted octanol–water partition coefficient (Wildman–Crippen LogP) is 2.50. The van der Waals surface area contributed by atoms with E-state index >= 15 is 0 Å². The van der Waals surface area contributed by atoms with Gasteiger partial charge in [0.25, 0.3) is 0 Å². The predicted molar refractivity (Wildman–Crippen MR) is 71.1 cm³/mol. The average molecular weight is 248 g/mol. The highest BCUT2D eigenvalue weighted by molar-refractivity contribution is 7.07. The van der Waals surface area contributed by atoms with Crippen molar-refractivity contribution in [3.05, 3.63) is 52.2 Å². The van der Waals surface area contributed by atoms with Gasteiger partial charge in [0.05, 0.1) is 13.2 Å². The molecule has 0 fully saturated rings. The first-order chi connectivity index (χ1) is 8.33. The lowest BCUT2D eigenvalue weighted by Crippen LogP contribution is -2.29. The lowest BCUT2D eigenvalue weighted by molar-refractivity contribution is 0.414. The number of hydrazine groups is 1. The molecule has 1 atom stereocenters. The fourth-order valence-electron chi connectivity index (χ4n) is 1.78. The molecule has 0 spiro atoms.